The van der Waals surface area contributed by atoms with E-state index < -0.39 is 0 Å². The fourth-order valence-electron chi connectivity index (χ4n) is 2.55. The second kappa shape index (κ2) is 5.02. The van der Waals surface area contributed by atoms with Crippen molar-refractivity contribution >= 4 is 22.6 Å². The van der Waals surface area contributed by atoms with Gasteiger partial charge >= 0.3 is 0 Å². The summed E-state index contributed by atoms with van der Waals surface area (Å²) in [5.74, 6) is 0.910. The molecule has 1 aliphatic heterocycles. The molecule has 19 heavy (non-hydrogen) atoms. The third kappa shape index (κ3) is 2.19. The number of aromatic nitrogens is 2. The molecule has 1 saturated heterocycles. The lowest BCUT2D eigenvalue weighted by Gasteiger charge is -2.31. The Bertz CT molecular complexity index is 588. The maximum atomic E-state index is 6.31. The first-order valence-electron chi connectivity index (χ1n) is 6.63. The predicted octanol–water partition coefficient (Wildman–Crippen LogP) is 2.61. The first-order chi connectivity index (χ1) is 9.18. The lowest BCUT2D eigenvalue weighted by Crippen LogP contribution is -2.44. The molecule has 0 bridgehead atoms. The highest BCUT2D eigenvalue weighted by atomic mass is 35.5. The molecule has 2 heterocycles. The monoisotopic (exact) mass is 279 g/mol. The summed E-state index contributed by atoms with van der Waals surface area (Å²) in [7, 11) is 0. The molecule has 2 aromatic rings. The molecular formula is C14H18ClN3O. The highest BCUT2D eigenvalue weighted by Crippen LogP contribution is 2.26. The van der Waals surface area contributed by atoms with Crippen LogP contribution >= 0.6 is 11.6 Å². The molecule has 0 aliphatic carbocycles. The van der Waals surface area contributed by atoms with Gasteiger partial charge in [-0.3, -0.25) is 0 Å². The lowest BCUT2D eigenvalue weighted by molar-refractivity contribution is 0.111. The van der Waals surface area contributed by atoms with Gasteiger partial charge in [0.1, 0.15) is 5.82 Å². The van der Waals surface area contributed by atoms with Gasteiger partial charge in [-0.15, -0.1) is 11.6 Å². The third-order valence-electron chi connectivity index (χ3n) is 3.51. The molecule has 0 spiro atoms. The Morgan fingerprint density at radius 1 is 1.32 bits per heavy atom. The smallest absolute Gasteiger partial charge is 0.146 e. The van der Waals surface area contributed by atoms with Gasteiger partial charge in [-0.05, 0) is 25.5 Å². The van der Waals surface area contributed by atoms with Crippen molar-refractivity contribution in [2.24, 2.45) is 0 Å². The number of para-hydroxylation sites is 1. The summed E-state index contributed by atoms with van der Waals surface area (Å²) in [5, 5.41) is 2.15. The maximum Gasteiger partial charge on any atom is 0.146 e. The minimum atomic E-state index is -0.116. The van der Waals surface area contributed by atoms with Gasteiger partial charge in [0.25, 0.3) is 0 Å². The van der Waals surface area contributed by atoms with Crippen LogP contribution in [0.3, 0.4) is 0 Å². The van der Waals surface area contributed by atoms with Crippen molar-refractivity contribution in [3.8, 4) is 0 Å². The number of rotatable bonds is 2. The summed E-state index contributed by atoms with van der Waals surface area (Å²) < 4.78 is 7.59. The van der Waals surface area contributed by atoms with E-state index in [9.17, 15) is 0 Å². The van der Waals surface area contributed by atoms with Crippen molar-refractivity contribution in [1.82, 2.24) is 9.66 Å². The molecule has 1 aromatic heterocycles. The molecule has 1 unspecified atom stereocenters. The van der Waals surface area contributed by atoms with Crippen LogP contribution in [-0.2, 0) is 4.74 Å². The molecule has 5 heteroatoms. The number of hydrogen-bond acceptors (Lipinski definition) is 3. The normalized spacial score (nSPS) is 17.9. The Kier molecular flexibility index (Phi) is 3.37. The summed E-state index contributed by atoms with van der Waals surface area (Å²) in [6, 6.07) is 6.26. The lowest BCUT2D eigenvalue weighted by atomic mass is 10.2. The van der Waals surface area contributed by atoms with E-state index in [0.29, 0.717) is 0 Å². The molecule has 0 amide bonds. The molecule has 1 atom stereocenters. The molecule has 102 valence electrons. The zero-order chi connectivity index (χ0) is 13.4. The summed E-state index contributed by atoms with van der Waals surface area (Å²) in [6.07, 6.45) is 0. The summed E-state index contributed by atoms with van der Waals surface area (Å²) in [6.45, 7) is 7.30. The minimum Gasteiger partial charge on any atom is -0.378 e. The first kappa shape index (κ1) is 12.8. The average Bonchev–Trinajstić information content (AvgIpc) is 2.81. The second-order valence-electron chi connectivity index (χ2n) is 4.91. The van der Waals surface area contributed by atoms with E-state index in [2.05, 4.69) is 34.8 Å². The van der Waals surface area contributed by atoms with Crippen LogP contribution < -0.4 is 5.01 Å². The van der Waals surface area contributed by atoms with Crippen LogP contribution in [0.25, 0.3) is 11.0 Å². The highest BCUT2D eigenvalue weighted by Gasteiger charge is 2.21. The van der Waals surface area contributed by atoms with Crippen molar-refractivity contribution in [1.29, 1.82) is 0 Å². The van der Waals surface area contributed by atoms with Crippen LogP contribution in [0.15, 0.2) is 18.2 Å². The van der Waals surface area contributed by atoms with Crippen LogP contribution in [0.5, 0.6) is 0 Å². The number of nitrogens with zero attached hydrogens (tertiary/aromatic N) is 3. The minimum absolute atomic E-state index is 0.116. The zero-order valence-electron chi connectivity index (χ0n) is 11.3. The first-order valence-corrected chi connectivity index (χ1v) is 7.07. The van der Waals surface area contributed by atoms with Gasteiger partial charge in [-0.1, -0.05) is 12.1 Å². The third-order valence-corrected chi connectivity index (χ3v) is 3.71. The topological polar surface area (TPSA) is 30.3 Å². The Hall–Kier alpha value is -1.26. The van der Waals surface area contributed by atoms with E-state index in [4.69, 9.17) is 21.3 Å². The molecule has 4 nitrogen and oxygen atoms in total. The number of imidazole rings is 1. The van der Waals surface area contributed by atoms with Crippen molar-refractivity contribution in [2.45, 2.75) is 19.2 Å². The number of ether oxygens (including phenoxy) is 1. The summed E-state index contributed by atoms with van der Waals surface area (Å²) in [5.41, 5.74) is 3.35. The zero-order valence-corrected chi connectivity index (χ0v) is 12.0. The van der Waals surface area contributed by atoms with Gasteiger partial charge in [-0.2, -0.15) is 0 Å². The van der Waals surface area contributed by atoms with Crippen molar-refractivity contribution in [3.05, 3.63) is 29.6 Å². The van der Waals surface area contributed by atoms with Crippen molar-refractivity contribution in [3.63, 3.8) is 0 Å². The molecule has 0 saturated carbocycles. The Morgan fingerprint density at radius 2 is 2.05 bits per heavy atom. The van der Waals surface area contributed by atoms with Crippen LogP contribution in [0.4, 0.5) is 0 Å². The Labute approximate surface area is 117 Å². The Balaban J connectivity index is 2.18. The van der Waals surface area contributed by atoms with E-state index in [1.165, 1.54) is 5.56 Å². The molecule has 0 N–H and O–H groups in total. The van der Waals surface area contributed by atoms with Gasteiger partial charge in [0.15, 0.2) is 0 Å². The van der Waals surface area contributed by atoms with Gasteiger partial charge in [0, 0.05) is 0 Å². The maximum absolute atomic E-state index is 6.31. The summed E-state index contributed by atoms with van der Waals surface area (Å²) >= 11 is 6.31. The van der Waals surface area contributed by atoms with Gasteiger partial charge in [0.05, 0.1) is 42.7 Å². The molecular weight excluding hydrogens is 262 g/mol. The standard InChI is InChI=1S/C14H18ClN3O/c1-10-4-3-5-12-13(10)16-14(11(2)15)18(12)17-6-8-19-9-7-17/h3-5,11H,6-9H2,1-2H3. The number of hydrogen-bond donors (Lipinski definition) is 0. The van der Waals surface area contributed by atoms with E-state index >= 15 is 0 Å². The van der Waals surface area contributed by atoms with Gasteiger partial charge in [-0.25, -0.2) is 9.66 Å². The highest BCUT2D eigenvalue weighted by molar-refractivity contribution is 6.20. The van der Waals surface area contributed by atoms with Crippen LogP contribution in [0.1, 0.15) is 23.7 Å². The fraction of sp³-hybridized carbons (Fsp3) is 0.500. The molecule has 1 aromatic carbocycles. The van der Waals surface area contributed by atoms with E-state index in [1.807, 2.05) is 6.92 Å². The van der Waals surface area contributed by atoms with Crippen molar-refractivity contribution in [2.75, 3.05) is 31.3 Å². The van der Waals surface area contributed by atoms with Crippen LogP contribution in [-0.4, -0.2) is 36.0 Å². The second-order valence-corrected chi connectivity index (χ2v) is 5.56. The van der Waals surface area contributed by atoms with E-state index in [-0.39, 0.29) is 5.38 Å². The molecule has 1 fully saturated rings. The number of alkyl halides is 1. The molecule has 3 rings (SSSR count). The number of benzene rings is 1. The number of halogens is 1. The predicted molar refractivity (Wildman–Crippen MR) is 77.5 cm³/mol. The van der Waals surface area contributed by atoms with Crippen LogP contribution in [0.2, 0.25) is 0 Å². The SMILES string of the molecule is Cc1cccc2c1nc(C(C)Cl)n2N1CCOCC1. The number of morpholine rings is 1. The van der Waals surface area contributed by atoms with Crippen LogP contribution in [0, 0.1) is 6.92 Å². The summed E-state index contributed by atoms with van der Waals surface area (Å²) in [4.78, 5) is 4.74. The molecule has 0 radical (unpaired) electrons. The van der Waals surface area contributed by atoms with E-state index in [1.54, 1.807) is 0 Å². The quantitative estimate of drug-likeness (QED) is 0.792. The van der Waals surface area contributed by atoms with E-state index in [0.717, 1.165) is 43.2 Å². The van der Waals surface area contributed by atoms with Gasteiger partial charge in [0.2, 0.25) is 0 Å². The number of fused-ring (bicyclic) bond motifs is 1. The van der Waals surface area contributed by atoms with Crippen molar-refractivity contribution < 1.29 is 4.74 Å². The molecule has 1 aliphatic rings. The average molecular weight is 280 g/mol. The largest absolute Gasteiger partial charge is 0.378 e. The number of aryl methyl sites for hydroxylation is 1. The Morgan fingerprint density at radius 3 is 2.74 bits per heavy atom. The fourth-order valence-corrected chi connectivity index (χ4v) is 2.69. The van der Waals surface area contributed by atoms with Gasteiger partial charge < -0.3 is 9.75 Å².